The van der Waals surface area contributed by atoms with Crippen molar-refractivity contribution in [3.63, 3.8) is 0 Å². The Kier molecular flexibility index (Phi) is 4.63. The Morgan fingerprint density at radius 1 is 1.35 bits per heavy atom. The summed E-state index contributed by atoms with van der Waals surface area (Å²) >= 11 is 0. The van der Waals surface area contributed by atoms with Crippen LogP contribution < -0.4 is 9.47 Å². The van der Waals surface area contributed by atoms with Crippen molar-refractivity contribution in [3.8, 4) is 11.5 Å². The maximum Gasteiger partial charge on any atom is 0.167 e. The van der Waals surface area contributed by atoms with E-state index < -0.39 is 0 Å². The smallest absolute Gasteiger partial charge is 0.167 e. The van der Waals surface area contributed by atoms with Gasteiger partial charge in [-0.25, -0.2) is 4.98 Å². The number of imidazole rings is 1. The molecule has 0 fully saturated rings. The zero-order chi connectivity index (χ0) is 14.5. The van der Waals surface area contributed by atoms with Crippen LogP contribution in [0.25, 0.3) is 0 Å². The van der Waals surface area contributed by atoms with Gasteiger partial charge in [-0.15, -0.1) is 0 Å². The maximum atomic E-state index is 9.39. The molecule has 0 saturated heterocycles. The van der Waals surface area contributed by atoms with E-state index in [9.17, 15) is 5.11 Å². The van der Waals surface area contributed by atoms with Gasteiger partial charge in [0.1, 0.15) is 6.61 Å². The monoisotopic (exact) mass is 276 g/mol. The molecule has 0 saturated carbocycles. The van der Waals surface area contributed by atoms with Crippen molar-refractivity contribution in [2.45, 2.75) is 33.1 Å². The molecule has 2 rings (SSSR count). The van der Waals surface area contributed by atoms with E-state index in [1.807, 2.05) is 22.8 Å². The molecule has 20 heavy (non-hydrogen) atoms. The minimum Gasteiger partial charge on any atom is -0.493 e. The van der Waals surface area contributed by atoms with Gasteiger partial charge in [0, 0.05) is 11.6 Å². The number of aliphatic hydroxyl groups excluding tert-OH is 1. The van der Waals surface area contributed by atoms with Crippen LogP contribution in [0.5, 0.6) is 11.5 Å². The van der Waals surface area contributed by atoms with E-state index in [0.29, 0.717) is 29.7 Å². The summed E-state index contributed by atoms with van der Waals surface area (Å²) in [6.45, 7) is 4.47. The third-order valence-corrected chi connectivity index (χ3v) is 3.12. The summed E-state index contributed by atoms with van der Waals surface area (Å²) in [6, 6.07) is 5.78. The molecule has 1 N–H and O–H groups in total. The van der Waals surface area contributed by atoms with Crippen LogP contribution in [0.1, 0.15) is 31.1 Å². The number of rotatable bonds is 6. The van der Waals surface area contributed by atoms with Gasteiger partial charge in [-0.1, -0.05) is 12.1 Å². The summed E-state index contributed by atoms with van der Waals surface area (Å²) in [5, 5.41) is 9.39. The molecule has 0 amide bonds. The van der Waals surface area contributed by atoms with Gasteiger partial charge in [-0.3, -0.25) is 0 Å². The van der Waals surface area contributed by atoms with Crippen molar-refractivity contribution in [3.05, 3.63) is 42.0 Å². The predicted molar refractivity (Wildman–Crippen MR) is 75.9 cm³/mol. The Hall–Kier alpha value is -2.01. The van der Waals surface area contributed by atoms with E-state index in [4.69, 9.17) is 9.47 Å². The van der Waals surface area contributed by atoms with Crippen LogP contribution in [0.3, 0.4) is 0 Å². The molecular weight excluding hydrogens is 256 g/mol. The number of benzene rings is 1. The zero-order valence-electron chi connectivity index (χ0n) is 12.0. The first-order chi connectivity index (χ1) is 9.67. The van der Waals surface area contributed by atoms with E-state index >= 15 is 0 Å². The molecule has 0 atom stereocenters. The number of methoxy groups -OCH3 is 1. The minimum atomic E-state index is -0.0873. The van der Waals surface area contributed by atoms with Crippen molar-refractivity contribution in [2.24, 2.45) is 0 Å². The second-order valence-corrected chi connectivity index (χ2v) is 4.78. The molecule has 0 aliphatic rings. The topological polar surface area (TPSA) is 56.5 Å². The fourth-order valence-electron chi connectivity index (χ4n) is 2.07. The first-order valence-corrected chi connectivity index (χ1v) is 6.57. The third kappa shape index (κ3) is 2.93. The highest BCUT2D eigenvalue weighted by Crippen LogP contribution is 2.31. The number of hydrogen-bond donors (Lipinski definition) is 1. The van der Waals surface area contributed by atoms with Gasteiger partial charge in [0.2, 0.25) is 0 Å². The van der Waals surface area contributed by atoms with Gasteiger partial charge in [0.15, 0.2) is 11.5 Å². The zero-order valence-corrected chi connectivity index (χ0v) is 12.0. The van der Waals surface area contributed by atoms with Gasteiger partial charge >= 0.3 is 0 Å². The largest absolute Gasteiger partial charge is 0.493 e. The fraction of sp³-hybridized carbons (Fsp3) is 0.400. The van der Waals surface area contributed by atoms with Crippen LogP contribution in [0.2, 0.25) is 0 Å². The number of aromatic nitrogens is 2. The molecule has 0 aliphatic heterocycles. The summed E-state index contributed by atoms with van der Waals surface area (Å²) < 4.78 is 13.2. The third-order valence-electron chi connectivity index (χ3n) is 3.12. The molecule has 108 valence electrons. The molecule has 5 nitrogen and oxygen atoms in total. The number of nitrogens with zero attached hydrogens (tertiary/aromatic N) is 2. The van der Waals surface area contributed by atoms with Crippen LogP contribution in [-0.4, -0.2) is 21.8 Å². The van der Waals surface area contributed by atoms with Crippen molar-refractivity contribution in [1.82, 2.24) is 9.55 Å². The van der Waals surface area contributed by atoms with Crippen molar-refractivity contribution in [2.75, 3.05) is 7.11 Å². The Morgan fingerprint density at radius 2 is 2.15 bits per heavy atom. The Balaban J connectivity index is 2.20. The number of para-hydroxylation sites is 1. The number of hydrogen-bond acceptors (Lipinski definition) is 4. The molecule has 0 unspecified atom stereocenters. The van der Waals surface area contributed by atoms with Gasteiger partial charge in [-0.05, 0) is 19.9 Å². The highest BCUT2D eigenvalue weighted by molar-refractivity contribution is 5.46. The molecule has 0 bridgehead atoms. The SMILES string of the molecule is COc1cccc(CO)c1OCc1cncn1C(C)C. The van der Waals surface area contributed by atoms with Gasteiger partial charge in [-0.2, -0.15) is 0 Å². The average Bonchev–Trinajstić information content (AvgIpc) is 2.93. The minimum absolute atomic E-state index is 0.0873. The van der Waals surface area contributed by atoms with E-state index in [-0.39, 0.29) is 6.61 Å². The lowest BCUT2D eigenvalue weighted by atomic mass is 10.2. The highest BCUT2D eigenvalue weighted by atomic mass is 16.5. The van der Waals surface area contributed by atoms with Gasteiger partial charge in [0.05, 0.1) is 31.9 Å². The molecular formula is C15H20N2O3. The van der Waals surface area contributed by atoms with Gasteiger partial charge in [0.25, 0.3) is 0 Å². The van der Waals surface area contributed by atoms with Gasteiger partial charge < -0.3 is 19.1 Å². The fourth-order valence-corrected chi connectivity index (χ4v) is 2.07. The normalized spacial score (nSPS) is 10.8. The van der Waals surface area contributed by atoms with Crippen LogP contribution in [0.15, 0.2) is 30.7 Å². The average molecular weight is 276 g/mol. The second-order valence-electron chi connectivity index (χ2n) is 4.78. The number of ether oxygens (including phenoxy) is 2. The maximum absolute atomic E-state index is 9.39. The molecule has 0 radical (unpaired) electrons. The lowest BCUT2D eigenvalue weighted by molar-refractivity contribution is 0.245. The molecule has 2 aromatic rings. The Labute approximate surface area is 118 Å². The summed E-state index contributed by atoms with van der Waals surface area (Å²) in [5.74, 6) is 1.20. The summed E-state index contributed by atoms with van der Waals surface area (Å²) in [6.07, 6.45) is 3.58. The van der Waals surface area contributed by atoms with Crippen LogP contribution >= 0.6 is 0 Å². The Morgan fingerprint density at radius 3 is 2.80 bits per heavy atom. The molecule has 0 spiro atoms. The molecule has 1 aromatic carbocycles. The summed E-state index contributed by atoms with van der Waals surface area (Å²) in [4.78, 5) is 4.14. The highest BCUT2D eigenvalue weighted by Gasteiger charge is 2.12. The lowest BCUT2D eigenvalue weighted by Crippen LogP contribution is -2.08. The Bertz CT molecular complexity index is 542. The van der Waals surface area contributed by atoms with Crippen LogP contribution in [-0.2, 0) is 13.2 Å². The van der Waals surface area contributed by atoms with E-state index in [2.05, 4.69) is 18.8 Å². The quantitative estimate of drug-likeness (QED) is 0.881. The first kappa shape index (κ1) is 14.4. The predicted octanol–water partition coefficient (Wildman–Crippen LogP) is 2.54. The summed E-state index contributed by atoms with van der Waals surface area (Å²) in [5.41, 5.74) is 1.69. The van der Waals surface area contributed by atoms with Crippen LogP contribution in [0.4, 0.5) is 0 Å². The first-order valence-electron chi connectivity index (χ1n) is 6.57. The van der Waals surface area contributed by atoms with Crippen molar-refractivity contribution >= 4 is 0 Å². The summed E-state index contributed by atoms with van der Waals surface area (Å²) in [7, 11) is 1.59. The van der Waals surface area contributed by atoms with Crippen molar-refractivity contribution < 1.29 is 14.6 Å². The molecule has 1 aromatic heterocycles. The molecule has 5 heteroatoms. The van der Waals surface area contributed by atoms with Crippen LogP contribution in [0, 0.1) is 0 Å². The molecule has 0 aliphatic carbocycles. The number of aliphatic hydroxyl groups is 1. The molecule has 1 heterocycles. The second kappa shape index (κ2) is 6.43. The lowest BCUT2D eigenvalue weighted by Gasteiger charge is -2.16. The van der Waals surface area contributed by atoms with Crippen molar-refractivity contribution in [1.29, 1.82) is 0 Å². The van der Waals surface area contributed by atoms with E-state index in [1.165, 1.54) is 0 Å². The van der Waals surface area contributed by atoms with E-state index in [0.717, 1.165) is 5.69 Å². The van der Waals surface area contributed by atoms with E-state index in [1.54, 1.807) is 19.6 Å². The standard InChI is InChI=1S/C15H20N2O3/c1-11(2)17-10-16-7-13(17)9-20-15-12(8-18)5-4-6-14(15)19-3/h4-7,10-11,18H,8-9H2,1-3H3.